The highest BCUT2D eigenvalue weighted by Gasteiger charge is 2.42. The molecule has 1 atom stereocenters. The number of fused-ring (bicyclic) bond motifs is 1. The van der Waals surface area contributed by atoms with E-state index in [0.717, 1.165) is 5.56 Å². The highest BCUT2D eigenvalue weighted by Crippen LogP contribution is 2.45. The number of carbonyl (C=O) groups excluding carboxylic acids is 1. The number of hydrogen-bond donors (Lipinski definition) is 1. The molecule has 0 aliphatic carbocycles. The number of nitrogens with two attached hydrogens (primary N) is 1. The summed E-state index contributed by atoms with van der Waals surface area (Å²) in [7, 11) is 1.32. The number of ether oxygens (including phenoxy) is 1. The molecule has 8 heteroatoms. The maximum Gasteiger partial charge on any atom is 0.338 e. The number of methoxy groups -OCH3 is 1. The van der Waals surface area contributed by atoms with Crippen LogP contribution in [-0.4, -0.2) is 23.1 Å². The van der Waals surface area contributed by atoms with Crippen molar-refractivity contribution in [2.75, 3.05) is 7.11 Å². The number of halogens is 1. The first-order valence-corrected chi connectivity index (χ1v) is 8.17. The number of benzene rings is 1. The molecule has 24 heavy (non-hydrogen) atoms. The number of nitriles is 1. The number of thioether (sulfide) groups is 1. The van der Waals surface area contributed by atoms with Crippen LogP contribution in [0.15, 0.2) is 51.3 Å². The number of rotatable bonds is 2. The van der Waals surface area contributed by atoms with Crippen molar-refractivity contribution in [2.45, 2.75) is 13.0 Å². The molecular weight excluding hydrogens is 348 g/mol. The molecule has 0 bridgehead atoms. The van der Waals surface area contributed by atoms with Gasteiger partial charge < -0.3 is 10.5 Å². The predicted molar refractivity (Wildman–Crippen MR) is 92.6 cm³/mol. The van der Waals surface area contributed by atoms with Gasteiger partial charge in [-0.25, -0.2) is 9.79 Å². The van der Waals surface area contributed by atoms with Crippen LogP contribution in [0.2, 0.25) is 5.02 Å². The normalized spacial score (nSPS) is 19.8. The van der Waals surface area contributed by atoms with Crippen LogP contribution in [0.3, 0.4) is 0 Å². The van der Waals surface area contributed by atoms with Gasteiger partial charge in [-0.3, -0.25) is 4.90 Å². The lowest BCUT2D eigenvalue weighted by Gasteiger charge is -2.34. The molecule has 2 heterocycles. The minimum atomic E-state index is -0.527. The molecule has 0 fully saturated rings. The van der Waals surface area contributed by atoms with Gasteiger partial charge in [0.15, 0.2) is 5.17 Å². The molecule has 0 radical (unpaired) electrons. The first-order chi connectivity index (χ1) is 11.5. The third kappa shape index (κ3) is 2.54. The molecule has 2 aliphatic heterocycles. The number of allylic oxidation sites excluding steroid dienone is 2. The van der Waals surface area contributed by atoms with Crippen molar-refractivity contribution in [3.8, 4) is 6.07 Å². The highest BCUT2D eigenvalue weighted by atomic mass is 35.5. The van der Waals surface area contributed by atoms with E-state index in [9.17, 15) is 10.1 Å². The molecule has 3 rings (SSSR count). The second kappa shape index (κ2) is 6.23. The molecular formula is C16H13ClN4O2S. The molecule has 1 aromatic rings. The number of hydrogen-bond acceptors (Lipinski definition) is 7. The van der Waals surface area contributed by atoms with Gasteiger partial charge in [-0.05, 0) is 36.4 Å². The van der Waals surface area contributed by atoms with Crippen LogP contribution in [0.5, 0.6) is 0 Å². The van der Waals surface area contributed by atoms with Gasteiger partial charge in [0.05, 0.1) is 24.4 Å². The van der Waals surface area contributed by atoms with E-state index in [1.165, 1.54) is 18.9 Å². The second-order valence-electron chi connectivity index (χ2n) is 5.14. The summed E-state index contributed by atoms with van der Waals surface area (Å²) in [6.07, 6.45) is 0. The highest BCUT2D eigenvalue weighted by molar-refractivity contribution is 8.17. The van der Waals surface area contributed by atoms with E-state index >= 15 is 0 Å². The predicted octanol–water partition coefficient (Wildman–Crippen LogP) is 2.90. The summed E-state index contributed by atoms with van der Waals surface area (Å²) in [5.41, 5.74) is 7.85. The molecule has 2 N–H and O–H groups in total. The lowest BCUT2D eigenvalue weighted by molar-refractivity contribution is -0.136. The van der Waals surface area contributed by atoms with Crippen molar-refractivity contribution in [1.29, 1.82) is 5.26 Å². The Kier molecular flexibility index (Phi) is 4.26. The van der Waals surface area contributed by atoms with Crippen molar-refractivity contribution in [3.63, 3.8) is 0 Å². The Morgan fingerprint density at radius 1 is 1.46 bits per heavy atom. The van der Waals surface area contributed by atoms with Gasteiger partial charge in [0.25, 0.3) is 0 Å². The molecule has 0 saturated carbocycles. The fourth-order valence-electron chi connectivity index (χ4n) is 2.67. The Morgan fingerprint density at radius 2 is 2.12 bits per heavy atom. The number of amidine groups is 1. The molecule has 0 aromatic heterocycles. The zero-order chi connectivity index (χ0) is 17.4. The van der Waals surface area contributed by atoms with E-state index in [1.807, 2.05) is 12.1 Å². The lowest BCUT2D eigenvalue weighted by atomic mass is 9.94. The Hall–Kier alpha value is -2.43. The van der Waals surface area contributed by atoms with Crippen LogP contribution in [-0.2, 0) is 9.53 Å². The molecule has 2 aliphatic rings. The fraction of sp³-hybridized carbons (Fsp3) is 0.188. The van der Waals surface area contributed by atoms with Gasteiger partial charge in [0.2, 0.25) is 0 Å². The van der Waals surface area contributed by atoms with Crippen molar-refractivity contribution in [2.24, 2.45) is 10.7 Å². The van der Waals surface area contributed by atoms with Crippen molar-refractivity contribution >= 4 is 34.5 Å². The summed E-state index contributed by atoms with van der Waals surface area (Å²) in [6, 6.07) is 8.64. The van der Waals surface area contributed by atoms with Crippen molar-refractivity contribution in [1.82, 2.24) is 4.90 Å². The van der Waals surface area contributed by atoms with Gasteiger partial charge in [0.1, 0.15) is 16.8 Å². The minimum absolute atomic E-state index is 0.273. The zero-order valence-corrected chi connectivity index (χ0v) is 14.5. The SMILES string of the molecule is COC(=O)C1=C(C)N=C2SC(C#N)=C(N)N2[C@H]1c1ccc(Cl)cc1. The number of carbonyl (C=O) groups is 1. The minimum Gasteiger partial charge on any atom is -0.466 e. The van der Waals surface area contributed by atoms with Gasteiger partial charge in [-0.1, -0.05) is 23.7 Å². The van der Waals surface area contributed by atoms with Crippen LogP contribution >= 0.6 is 23.4 Å². The zero-order valence-electron chi connectivity index (χ0n) is 12.9. The monoisotopic (exact) mass is 360 g/mol. The van der Waals surface area contributed by atoms with Gasteiger partial charge in [-0.2, -0.15) is 5.26 Å². The molecule has 0 unspecified atom stereocenters. The third-order valence-electron chi connectivity index (χ3n) is 3.77. The number of nitrogens with zero attached hydrogens (tertiary/aromatic N) is 3. The Morgan fingerprint density at radius 3 is 2.71 bits per heavy atom. The lowest BCUT2D eigenvalue weighted by Crippen LogP contribution is -2.38. The molecule has 0 amide bonds. The van der Waals surface area contributed by atoms with E-state index in [4.69, 9.17) is 22.1 Å². The third-order valence-corrected chi connectivity index (χ3v) is 5.00. The van der Waals surface area contributed by atoms with Crippen molar-refractivity contribution in [3.05, 3.63) is 56.8 Å². The largest absolute Gasteiger partial charge is 0.466 e. The van der Waals surface area contributed by atoms with Gasteiger partial charge in [-0.15, -0.1) is 0 Å². The summed E-state index contributed by atoms with van der Waals surface area (Å²) in [5, 5.41) is 10.4. The summed E-state index contributed by atoms with van der Waals surface area (Å²) in [4.78, 5) is 18.8. The van der Waals surface area contributed by atoms with E-state index in [2.05, 4.69) is 11.1 Å². The van der Waals surface area contributed by atoms with Crippen LogP contribution in [0.25, 0.3) is 0 Å². The van der Waals surface area contributed by atoms with Crippen LogP contribution in [0.4, 0.5) is 0 Å². The first-order valence-electron chi connectivity index (χ1n) is 6.98. The summed E-state index contributed by atoms with van der Waals surface area (Å²) in [5.74, 6) is -0.214. The maximum atomic E-state index is 12.3. The van der Waals surface area contributed by atoms with Crippen LogP contribution in [0.1, 0.15) is 18.5 Å². The Bertz CT molecular complexity index is 852. The standard InChI is InChI=1S/C16H13ClN4O2S/c1-8-12(15(22)23-2)13(9-3-5-10(17)6-4-9)21-14(19)11(7-18)24-16(21)20-8/h3-6,13H,19H2,1-2H3/t13-/m0/s1. The Balaban J connectivity index is 2.20. The average Bonchev–Trinajstić information content (AvgIpc) is 2.89. The van der Waals surface area contributed by atoms with Crippen LogP contribution in [0, 0.1) is 11.3 Å². The van der Waals surface area contributed by atoms with Gasteiger partial charge >= 0.3 is 5.97 Å². The van der Waals surface area contributed by atoms with E-state index < -0.39 is 12.0 Å². The molecule has 0 saturated heterocycles. The molecule has 1 aromatic carbocycles. The first kappa shape index (κ1) is 16.4. The summed E-state index contributed by atoms with van der Waals surface area (Å²) >= 11 is 7.16. The fourth-order valence-corrected chi connectivity index (χ4v) is 3.71. The van der Waals surface area contributed by atoms with E-state index in [-0.39, 0.29) is 5.82 Å². The van der Waals surface area contributed by atoms with E-state index in [1.54, 1.807) is 24.0 Å². The topological polar surface area (TPSA) is 91.7 Å². The van der Waals surface area contributed by atoms with Crippen LogP contribution < -0.4 is 5.73 Å². The van der Waals surface area contributed by atoms with E-state index in [0.29, 0.717) is 26.4 Å². The summed E-state index contributed by atoms with van der Waals surface area (Å²) in [6.45, 7) is 1.74. The van der Waals surface area contributed by atoms with Gasteiger partial charge in [0, 0.05) is 5.02 Å². The van der Waals surface area contributed by atoms with Crippen molar-refractivity contribution < 1.29 is 9.53 Å². The smallest absolute Gasteiger partial charge is 0.338 e. The Labute approximate surface area is 148 Å². The molecule has 6 nitrogen and oxygen atoms in total. The molecule has 0 spiro atoms. The molecule has 122 valence electrons. The number of esters is 1. The quantitative estimate of drug-likeness (QED) is 0.815. The average molecular weight is 361 g/mol. The second-order valence-corrected chi connectivity index (χ2v) is 6.55. The number of aliphatic imine (C=N–C) groups is 1. The summed E-state index contributed by atoms with van der Waals surface area (Å²) < 4.78 is 4.92. The maximum absolute atomic E-state index is 12.3.